The van der Waals surface area contributed by atoms with Crippen LogP contribution < -0.4 is 49.1 Å². The molecule has 2 rings (SSSR count). The molecule has 22 heteroatoms. The Morgan fingerprint density at radius 3 is 1.79 bits per heavy atom. The third kappa shape index (κ3) is 22.2. The normalized spacial score (nSPS) is 23.2. The number of aliphatic hydroxyl groups is 2. The summed E-state index contributed by atoms with van der Waals surface area (Å²) in [6, 6.07) is -3.45. The Hall–Kier alpha value is -6.03. The van der Waals surface area contributed by atoms with Gasteiger partial charge in [0, 0.05) is 19.4 Å². The molecule has 1 heterocycles. The zero-order chi connectivity index (χ0) is 50.9. The number of aliphatic imine (C=N–C) groups is 1. The molecule has 0 spiro atoms. The van der Waals surface area contributed by atoms with E-state index in [0.717, 1.165) is 57.8 Å². The molecule has 0 radical (unpaired) electrons. The standard InChI is InChI=1S/C46H76N10O12/c1-26(2)37-42(64)53-34(24-30-17-19-31(58)20-18-30)41(63)56-38(28(4)57)43(65)52-33(21-22-35(47)60)40(62)51-27(3)45(67)68-29(5)39(44(66)55-37)54-36(61)25-32(59)16-14-12-10-8-6-7-9-11-13-15-23-50-46(48)49/h17-20,26-29,32-34,37-39,57-59H,6-16,21-25H2,1-5H3,(H2,47,60)(H,51,62)(H,52,65)(H,53,64)(H,54,61)(H,55,66)(H,56,63)(H4,48,49,50)/t27-,28-,29-,32?,33-,34+,37-,38-,39+/m1/s1. The molecule has 1 aromatic rings. The molecule has 0 saturated carbocycles. The number of unbranched alkanes of at least 4 members (excludes halogenated alkanes) is 9. The third-order valence-corrected chi connectivity index (χ3v) is 11.4. The zero-order valence-electron chi connectivity index (χ0n) is 40.1. The van der Waals surface area contributed by atoms with Crippen LogP contribution in [-0.4, -0.2) is 130 Å². The summed E-state index contributed by atoms with van der Waals surface area (Å²) < 4.78 is 5.58. The predicted octanol–water partition coefficient (Wildman–Crippen LogP) is -0.574. The van der Waals surface area contributed by atoms with Gasteiger partial charge in [0.1, 0.15) is 48.1 Å². The van der Waals surface area contributed by atoms with Crippen LogP contribution in [0.3, 0.4) is 0 Å². The minimum Gasteiger partial charge on any atom is -0.508 e. The quantitative estimate of drug-likeness (QED) is 0.0283. The fourth-order valence-electron chi connectivity index (χ4n) is 7.38. The van der Waals surface area contributed by atoms with Crippen molar-refractivity contribution < 1.29 is 58.4 Å². The van der Waals surface area contributed by atoms with Gasteiger partial charge in [-0.3, -0.25) is 38.6 Å². The molecule has 1 aromatic carbocycles. The number of carbonyl (C=O) groups excluding carboxylic acids is 8. The Morgan fingerprint density at radius 1 is 0.706 bits per heavy atom. The third-order valence-electron chi connectivity index (χ3n) is 11.4. The molecule has 0 aliphatic carbocycles. The van der Waals surface area contributed by atoms with Gasteiger partial charge in [0.25, 0.3) is 0 Å². The highest BCUT2D eigenvalue weighted by Gasteiger charge is 2.38. The Morgan fingerprint density at radius 2 is 1.24 bits per heavy atom. The molecule has 1 aliphatic heterocycles. The number of aliphatic hydroxyl groups excluding tert-OH is 2. The van der Waals surface area contributed by atoms with Crippen LogP contribution in [0.2, 0.25) is 0 Å². The largest absolute Gasteiger partial charge is 0.508 e. The van der Waals surface area contributed by atoms with Crippen molar-refractivity contribution in [1.82, 2.24) is 31.9 Å². The van der Waals surface area contributed by atoms with Gasteiger partial charge >= 0.3 is 5.97 Å². The number of phenols is 1. The number of carbonyl (C=O) groups is 8. The molecule has 68 heavy (non-hydrogen) atoms. The average molecular weight is 961 g/mol. The highest BCUT2D eigenvalue weighted by molar-refractivity contribution is 5.97. The van der Waals surface area contributed by atoms with Gasteiger partial charge in [-0.05, 0) is 63.6 Å². The fourth-order valence-corrected chi connectivity index (χ4v) is 7.38. The number of cyclic esters (lactones) is 1. The number of nitrogens with one attached hydrogen (secondary N) is 6. The second-order valence-corrected chi connectivity index (χ2v) is 17.9. The van der Waals surface area contributed by atoms with Crippen LogP contribution in [0.15, 0.2) is 29.3 Å². The molecule has 0 aromatic heterocycles. The summed E-state index contributed by atoms with van der Waals surface area (Å²) >= 11 is 0. The lowest BCUT2D eigenvalue weighted by Gasteiger charge is -2.30. The fraction of sp³-hybridized carbons (Fsp3) is 0.674. The van der Waals surface area contributed by atoms with Crippen LogP contribution in [0.5, 0.6) is 5.75 Å². The number of amides is 7. The van der Waals surface area contributed by atoms with Crippen molar-refractivity contribution in [3.8, 4) is 5.75 Å². The first-order chi connectivity index (χ1) is 32.1. The van der Waals surface area contributed by atoms with Crippen molar-refractivity contribution in [3.05, 3.63) is 29.8 Å². The van der Waals surface area contributed by atoms with Crippen molar-refractivity contribution in [1.29, 1.82) is 0 Å². The van der Waals surface area contributed by atoms with Crippen molar-refractivity contribution in [2.75, 3.05) is 6.54 Å². The van der Waals surface area contributed by atoms with Crippen molar-refractivity contribution >= 4 is 53.3 Å². The lowest BCUT2D eigenvalue weighted by Crippen LogP contribution is -2.62. The van der Waals surface area contributed by atoms with Crippen molar-refractivity contribution in [2.24, 2.45) is 28.1 Å². The number of ether oxygens (including phenoxy) is 1. The summed E-state index contributed by atoms with van der Waals surface area (Å²) in [5.41, 5.74) is 16.5. The molecule has 22 nitrogen and oxygen atoms in total. The van der Waals surface area contributed by atoms with Gasteiger partial charge in [0.2, 0.25) is 41.4 Å². The van der Waals surface area contributed by atoms with E-state index in [-0.39, 0.29) is 24.6 Å². The molecule has 0 bridgehead atoms. The predicted molar refractivity (Wildman–Crippen MR) is 252 cm³/mol. The first kappa shape index (κ1) is 58.1. The van der Waals surface area contributed by atoms with Crippen LogP contribution in [0.4, 0.5) is 0 Å². The molecule has 7 amide bonds. The zero-order valence-corrected chi connectivity index (χ0v) is 40.1. The first-order valence-corrected chi connectivity index (χ1v) is 23.6. The van der Waals surface area contributed by atoms with E-state index in [1.54, 1.807) is 13.8 Å². The molecule has 1 fully saturated rings. The second-order valence-electron chi connectivity index (χ2n) is 17.9. The molecule has 1 saturated heterocycles. The average Bonchev–Trinajstić information content (AvgIpc) is 3.26. The van der Waals surface area contributed by atoms with Crippen LogP contribution in [0, 0.1) is 5.92 Å². The van der Waals surface area contributed by atoms with E-state index in [1.807, 2.05) is 0 Å². The molecular weight excluding hydrogens is 885 g/mol. The van der Waals surface area contributed by atoms with Gasteiger partial charge in [-0.25, -0.2) is 4.79 Å². The smallest absolute Gasteiger partial charge is 0.328 e. The van der Waals surface area contributed by atoms with Gasteiger partial charge < -0.3 is 69.2 Å². The maximum atomic E-state index is 14.1. The van der Waals surface area contributed by atoms with Gasteiger partial charge in [0.15, 0.2) is 5.96 Å². The van der Waals surface area contributed by atoms with Gasteiger partial charge in [-0.1, -0.05) is 83.8 Å². The Balaban J connectivity index is 2.33. The number of nitrogens with two attached hydrogens (primary N) is 3. The SMILES string of the molecule is CC(C)[C@H]1NC(=O)[C@@H](NC(=O)CC(O)CCCCCCCCCCCCN=C(N)N)[C@@H](C)OC(=O)[C@@H](C)NC(=O)[C@@H](CCC(N)=O)NC(=O)[C@@H]([C@@H](C)O)NC(=O)[C@H](Cc2ccc(O)cc2)NC1=O. The van der Waals surface area contributed by atoms with E-state index in [1.165, 1.54) is 45.0 Å². The molecule has 1 unspecified atom stereocenters. The molecular formula is C46H76N10O12. The van der Waals surface area contributed by atoms with Crippen LogP contribution in [0.1, 0.15) is 130 Å². The Bertz CT molecular complexity index is 1840. The molecule has 1 aliphatic rings. The van der Waals surface area contributed by atoms with Gasteiger partial charge in [-0.15, -0.1) is 0 Å². The number of primary amides is 1. The van der Waals surface area contributed by atoms with Gasteiger partial charge in [-0.2, -0.15) is 0 Å². The van der Waals surface area contributed by atoms with Crippen LogP contribution in [-0.2, 0) is 49.5 Å². The Labute approximate surface area is 398 Å². The monoisotopic (exact) mass is 961 g/mol. The number of phenolic OH excluding ortho intramolecular Hbond substituents is 1. The lowest BCUT2D eigenvalue weighted by atomic mass is 9.99. The summed E-state index contributed by atoms with van der Waals surface area (Å²) in [5, 5.41) is 46.2. The number of guanidine groups is 1. The summed E-state index contributed by atoms with van der Waals surface area (Å²) in [5.74, 6) is -8.06. The van der Waals surface area contributed by atoms with Gasteiger partial charge in [0.05, 0.1) is 18.6 Å². The lowest BCUT2D eigenvalue weighted by molar-refractivity contribution is -0.155. The van der Waals surface area contributed by atoms with Crippen LogP contribution >= 0.6 is 0 Å². The number of rotatable bonds is 23. The number of esters is 1. The summed E-state index contributed by atoms with van der Waals surface area (Å²) in [6.07, 6.45) is 4.87. The van der Waals surface area contributed by atoms with E-state index in [9.17, 15) is 53.7 Å². The van der Waals surface area contributed by atoms with E-state index in [4.69, 9.17) is 21.9 Å². The molecule has 382 valence electrons. The number of benzene rings is 1. The maximum absolute atomic E-state index is 14.1. The highest BCUT2D eigenvalue weighted by Crippen LogP contribution is 2.16. The topological polar surface area (TPSA) is 369 Å². The minimum atomic E-state index is -1.72. The van der Waals surface area contributed by atoms with E-state index in [0.29, 0.717) is 24.9 Å². The van der Waals surface area contributed by atoms with E-state index >= 15 is 0 Å². The number of nitrogens with zero attached hydrogens (tertiary/aromatic N) is 1. The van der Waals surface area contributed by atoms with Crippen LogP contribution in [0.25, 0.3) is 0 Å². The second kappa shape index (κ2) is 30.4. The first-order valence-electron chi connectivity index (χ1n) is 23.6. The molecule has 9 atom stereocenters. The number of hydrogen-bond donors (Lipinski definition) is 12. The Kier molecular flexibility index (Phi) is 25.9. The summed E-state index contributed by atoms with van der Waals surface area (Å²) in [6.45, 7) is 7.60. The van der Waals surface area contributed by atoms with E-state index in [2.05, 4.69) is 36.9 Å². The van der Waals surface area contributed by atoms with Crippen molar-refractivity contribution in [2.45, 2.75) is 185 Å². The summed E-state index contributed by atoms with van der Waals surface area (Å²) in [7, 11) is 0. The van der Waals surface area contributed by atoms with Crippen molar-refractivity contribution in [3.63, 3.8) is 0 Å². The van der Waals surface area contributed by atoms with E-state index < -0.39 is 121 Å². The number of aromatic hydroxyl groups is 1. The number of hydrogen-bond acceptors (Lipinski definition) is 13. The summed E-state index contributed by atoms with van der Waals surface area (Å²) in [4.78, 5) is 112. The maximum Gasteiger partial charge on any atom is 0.328 e. The molecule has 15 N–H and O–H groups in total. The minimum absolute atomic E-state index is 0.0747. The highest BCUT2D eigenvalue weighted by atomic mass is 16.5.